The lowest BCUT2D eigenvalue weighted by molar-refractivity contribution is -0.138. The molecule has 3 amide bonds. The fourth-order valence-electron chi connectivity index (χ4n) is 4.46. The largest absolute Gasteiger partial charge is 0.459 e. The summed E-state index contributed by atoms with van der Waals surface area (Å²) in [5, 5.41) is 3.00. The van der Waals surface area contributed by atoms with E-state index in [0.29, 0.717) is 63.2 Å². The minimum atomic E-state index is -0.370. The summed E-state index contributed by atoms with van der Waals surface area (Å²) in [6, 6.07) is 7.33. The molecular weight excluding hydrogens is 413 g/mol. The van der Waals surface area contributed by atoms with E-state index in [1.54, 1.807) is 11.0 Å². The highest BCUT2D eigenvalue weighted by Crippen LogP contribution is 2.23. The summed E-state index contributed by atoms with van der Waals surface area (Å²) in [6.07, 6.45) is 4.17. The van der Waals surface area contributed by atoms with Gasteiger partial charge in [-0.05, 0) is 62.9 Å². The summed E-state index contributed by atoms with van der Waals surface area (Å²) in [7, 11) is 0. The van der Waals surface area contributed by atoms with E-state index in [0.717, 1.165) is 5.56 Å². The number of hydrogen-bond acceptors (Lipinski definition) is 4. The summed E-state index contributed by atoms with van der Waals surface area (Å²) >= 11 is 0. The molecule has 1 aromatic carbocycles. The lowest BCUT2D eigenvalue weighted by atomic mass is 9.93. The van der Waals surface area contributed by atoms with Crippen molar-refractivity contribution >= 4 is 17.7 Å². The van der Waals surface area contributed by atoms with Gasteiger partial charge in [-0.2, -0.15) is 0 Å². The highest BCUT2D eigenvalue weighted by molar-refractivity contribution is 5.94. The number of likely N-dealkylation sites (tertiary alicyclic amines) is 2. The second-order valence-corrected chi connectivity index (χ2v) is 8.58. The second kappa shape index (κ2) is 9.54. The van der Waals surface area contributed by atoms with Crippen LogP contribution in [0.1, 0.15) is 52.2 Å². The lowest BCUT2D eigenvalue weighted by Crippen LogP contribution is -2.50. The first-order valence-corrected chi connectivity index (χ1v) is 11.1. The molecule has 2 aliphatic heterocycles. The average molecular weight is 442 g/mol. The molecule has 170 valence electrons. The molecule has 0 saturated carbocycles. The molecule has 3 heterocycles. The zero-order chi connectivity index (χ0) is 22.7. The van der Waals surface area contributed by atoms with Crippen LogP contribution in [0.5, 0.6) is 0 Å². The fourth-order valence-corrected chi connectivity index (χ4v) is 4.46. The normalized spacial score (nSPS) is 17.9. The third-order valence-corrected chi connectivity index (χ3v) is 6.43. The van der Waals surface area contributed by atoms with Gasteiger partial charge >= 0.3 is 0 Å². The molecule has 2 saturated heterocycles. The maximum absolute atomic E-state index is 13.1. The van der Waals surface area contributed by atoms with Crippen molar-refractivity contribution in [2.75, 3.05) is 26.2 Å². The summed E-state index contributed by atoms with van der Waals surface area (Å²) in [5.41, 5.74) is 1.27. The summed E-state index contributed by atoms with van der Waals surface area (Å²) in [5.74, 6) is -0.333. The zero-order valence-corrected chi connectivity index (χ0v) is 18.2. The van der Waals surface area contributed by atoms with Crippen LogP contribution < -0.4 is 5.32 Å². The van der Waals surface area contributed by atoms with E-state index in [1.165, 1.54) is 30.5 Å². The first-order chi connectivity index (χ1) is 15.4. The Bertz CT molecular complexity index is 971. The molecule has 2 aromatic rings. The molecule has 0 unspecified atom stereocenters. The maximum Gasteiger partial charge on any atom is 0.287 e. The molecule has 4 rings (SSSR count). The van der Waals surface area contributed by atoms with E-state index in [-0.39, 0.29) is 35.5 Å². The van der Waals surface area contributed by atoms with Crippen LogP contribution in [0.15, 0.2) is 41.0 Å². The number of nitrogens with zero attached hydrogens (tertiary/aromatic N) is 2. The Hall–Kier alpha value is -3.16. The third kappa shape index (κ3) is 4.84. The molecule has 32 heavy (non-hydrogen) atoms. The van der Waals surface area contributed by atoms with Gasteiger partial charge in [-0.25, -0.2) is 4.39 Å². The molecule has 1 aromatic heterocycles. The smallest absolute Gasteiger partial charge is 0.287 e. The summed E-state index contributed by atoms with van der Waals surface area (Å²) in [6.45, 7) is 4.08. The molecule has 0 bridgehead atoms. The van der Waals surface area contributed by atoms with Crippen molar-refractivity contribution in [1.29, 1.82) is 0 Å². The SMILES string of the molecule is Cc1ccoc1C(=O)NC1CCN(C(=O)C2CCN(C(=O)c3ccc(F)cc3)CC2)CC1. The van der Waals surface area contributed by atoms with Crippen molar-refractivity contribution < 1.29 is 23.2 Å². The molecule has 8 heteroatoms. The monoisotopic (exact) mass is 441 g/mol. The van der Waals surface area contributed by atoms with E-state index in [2.05, 4.69) is 5.32 Å². The van der Waals surface area contributed by atoms with Crippen molar-refractivity contribution in [3.63, 3.8) is 0 Å². The van der Waals surface area contributed by atoms with Crippen LogP contribution in [0.4, 0.5) is 4.39 Å². The van der Waals surface area contributed by atoms with E-state index in [4.69, 9.17) is 4.42 Å². The van der Waals surface area contributed by atoms with Crippen LogP contribution >= 0.6 is 0 Å². The molecule has 0 radical (unpaired) electrons. The molecule has 7 nitrogen and oxygen atoms in total. The Morgan fingerprint density at radius 2 is 1.56 bits per heavy atom. The molecule has 1 N–H and O–H groups in total. The maximum atomic E-state index is 13.1. The quantitative estimate of drug-likeness (QED) is 0.791. The molecular formula is C24H28FN3O4. The number of nitrogens with one attached hydrogen (secondary N) is 1. The number of hydrogen-bond donors (Lipinski definition) is 1. The molecule has 0 spiro atoms. The van der Waals surface area contributed by atoms with Gasteiger partial charge < -0.3 is 19.5 Å². The van der Waals surface area contributed by atoms with Crippen LogP contribution in [0.3, 0.4) is 0 Å². The molecule has 0 aliphatic carbocycles. The number of furan rings is 1. The van der Waals surface area contributed by atoms with Crippen LogP contribution in [0.25, 0.3) is 0 Å². The number of aryl methyl sites for hydroxylation is 1. The molecule has 2 aliphatic rings. The highest BCUT2D eigenvalue weighted by atomic mass is 19.1. The van der Waals surface area contributed by atoms with Gasteiger partial charge in [0.2, 0.25) is 5.91 Å². The Labute approximate surface area is 186 Å². The average Bonchev–Trinajstić information content (AvgIpc) is 3.25. The topological polar surface area (TPSA) is 82.9 Å². The van der Waals surface area contributed by atoms with Crippen LogP contribution in [0, 0.1) is 18.7 Å². The van der Waals surface area contributed by atoms with Crippen LogP contribution in [0.2, 0.25) is 0 Å². The van der Waals surface area contributed by atoms with Gasteiger partial charge in [-0.15, -0.1) is 0 Å². The van der Waals surface area contributed by atoms with Gasteiger partial charge in [-0.3, -0.25) is 14.4 Å². The molecule has 2 fully saturated rings. The van der Waals surface area contributed by atoms with Crippen molar-refractivity contribution in [3.8, 4) is 0 Å². The number of rotatable bonds is 4. The number of benzene rings is 1. The van der Waals surface area contributed by atoms with Gasteiger partial charge in [0.05, 0.1) is 6.26 Å². The first-order valence-electron chi connectivity index (χ1n) is 11.1. The Kier molecular flexibility index (Phi) is 6.58. The predicted molar refractivity (Wildman–Crippen MR) is 116 cm³/mol. The number of halogens is 1. The Morgan fingerprint density at radius 3 is 2.16 bits per heavy atom. The Morgan fingerprint density at radius 1 is 0.938 bits per heavy atom. The third-order valence-electron chi connectivity index (χ3n) is 6.43. The zero-order valence-electron chi connectivity index (χ0n) is 18.2. The van der Waals surface area contributed by atoms with Gasteiger partial charge in [0.1, 0.15) is 5.82 Å². The van der Waals surface area contributed by atoms with Crippen molar-refractivity contribution in [1.82, 2.24) is 15.1 Å². The van der Waals surface area contributed by atoms with E-state index in [1.807, 2.05) is 11.8 Å². The van der Waals surface area contributed by atoms with E-state index >= 15 is 0 Å². The van der Waals surface area contributed by atoms with E-state index < -0.39 is 0 Å². The standard InChI is InChI=1S/C24H28FN3O4/c1-16-10-15-32-21(16)22(29)26-20-8-13-28(14-9-20)24(31)18-6-11-27(12-7-18)23(30)17-2-4-19(25)5-3-17/h2-5,10,15,18,20H,6-9,11-14H2,1H3,(H,26,29). The Balaban J connectivity index is 1.23. The summed E-state index contributed by atoms with van der Waals surface area (Å²) < 4.78 is 18.3. The van der Waals surface area contributed by atoms with Gasteiger partial charge in [0.15, 0.2) is 5.76 Å². The lowest BCUT2D eigenvalue weighted by Gasteiger charge is -2.37. The predicted octanol–water partition coefficient (Wildman–Crippen LogP) is 3.00. The van der Waals surface area contributed by atoms with Crippen molar-refractivity contribution in [2.24, 2.45) is 5.92 Å². The fraction of sp³-hybridized carbons (Fsp3) is 0.458. The van der Waals surface area contributed by atoms with Gasteiger partial charge in [0.25, 0.3) is 11.8 Å². The van der Waals surface area contributed by atoms with Crippen LogP contribution in [-0.2, 0) is 4.79 Å². The molecule has 0 atom stereocenters. The van der Waals surface area contributed by atoms with Crippen LogP contribution in [-0.4, -0.2) is 59.7 Å². The second-order valence-electron chi connectivity index (χ2n) is 8.58. The minimum absolute atomic E-state index is 0.0197. The van der Waals surface area contributed by atoms with Gasteiger partial charge in [0, 0.05) is 49.3 Å². The van der Waals surface area contributed by atoms with Crippen molar-refractivity contribution in [2.45, 2.75) is 38.6 Å². The number of carbonyl (C=O) groups is 3. The minimum Gasteiger partial charge on any atom is -0.459 e. The first kappa shape index (κ1) is 22.0. The summed E-state index contributed by atoms with van der Waals surface area (Å²) in [4.78, 5) is 41.5. The van der Waals surface area contributed by atoms with Gasteiger partial charge in [-0.1, -0.05) is 0 Å². The number of carbonyl (C=O) groups excluding carboxylic acids is 3. The number of piperidine rings is 2. The van der Waals surface area contributed by atoms with Crippen molar-refractivity contribution in [3.05, 3.63) is 59.3 Å². The highest BCUT2D eigenvalue weighted by Gasteiger charge is 2.32. The van der Waals surface area contributed by atoms with E-state index in [9.17, 15) is 18.8 Å². The number of amides is 3.